The summed E-state index contributed by atoms with van der Waals surface area (Å²) in [6.07, 6.45) is -2.40. The van der Waals surface area contributed by atoms with E-state index in [1.165, 1.54) is 31.1 Å². The van der Waals surface area contributed by atoms with Crippen LogP contribution in [0, 0.1) is 23.2 Å². The van der Waals surface area contributed by atoms with Crippen LogP contribution in [0.25, 0.3) is 11.0 Å². The minimum Gasteiger partial charge on any atom is -0.497 e. The second-order valence-corrected chi connectivity index (χ2v) is 20.9. The topological polar surface area (TPSA) is 206 Å². The summed E-state index contributed by atoms with van der Waals surface area (Å²) in [5.41, 5.74) is -5.46. The Bertz CT molecular complexity index is 2230. The molecule has 4 aliphatic rings. The van der Waals surface area contributed by atoms with E-state index in [-0.39, 0.29) is 29.9 Å². The summed E-state index contributed by atoms with van der Waals surface area (Å²) >= 11 is 0. The number of H-pyrrole nitrogens is 1. The Kier molecular flexibility index (Phi) is 12.3. The van der Waals surface area contributed by atoms with Crippen LogP contribution in [-0.4, -0.2) is 95.2 Å². The molecule has 3 saturated carbocycles. The van der Waals surface area contributed by atoms with Gasteiger partial charge in [0, 0.05) is 24.9 Å². The number of likely N-dealkylation sites (tertiary alicyclic amines) is 1. The third-order valence-electron chi connectivity index (χ3n) is 13.1. The number of amides is 4. The van der Waals surface area contributed by atoms with Gasteiger partial charge in [-0.2, -0.15) is 8.78 Å². The van der Waals surface area contributed by atoms with Gasteiger partial charge in [0.15, 0.2) is 5.69 Å². The lowest BCUT2D eigenvalue weighted by molar-refractivity contribution is -0.144. The van der Waals surface area contributed by atoms with Crippen LogP contribution in [-0.2, 0) is 35.1 Å². The van der Waals surface area contributed by atoms with E-state index < -0.39 is 116 Å². The maximum absolute atomic E-state index is 15.2. The van der Waals surface area contributed by atoms with Crippen molar-refractivity contribution in [3.8, 4) is 5.75 Å². The molecule has 7 atom stereocenters. The Morgan fingerprint density at radius 2 is 1.77 bits per heavy atom. The van der Waals surface area contributed by atoms with Crippen molar-refractivity contribution in [1.29, 1.82) is 0 Å². The third-order valence-corrected chi connectivity index (χ3v) is 15.3. The number of alkyl carbamates (subject to hydrolysis) is 1. The first-order chi connectivity index (χ1) is 28.3. The highest BCUT2D eigenvalue weighted by molar-refractivity contribution is 7.91. The number of ether oxygens (including phenoxy) is 2. The van der Waals surface area contributed by atoms with Gasteiger partial charge >= 0.3 is 6.09 Å². The molecule has 4 fully saturated rings. The molecule has 2 aromatic rings. The molecule has 1 aromatic heterocycles. The first-order valence-electron chi connectivity index (χ1n) is 20.7. The molecule has 20 heteroatoms. The molecule has 4 amide bonds. The predicted molar refractivity (Wildman–Crippen MR) is 214 cm³/mol. The Balaban J connectivity index is 1.05. The van der Waals surface area contributed by atoms with Gasteiger partial charge in [-0.3, -0.25) is 23.9 Å². The molecule has 0 spiro atoms. The van der Waals surface area contributed by atoms with Gasteiger partial charge in [0.1, 0.15) is 29.0 Å². The molecule has 1 saturated heterocycles. The van der Waals surface area contributed by atoms with Crippen molar-refractivity contribution in [1.82, 2.24) is 30.2 Å². The van der Waals surface area contributed by atoms with Crippen molar-refractivity contribution in [2.45, 2.75) is 146 Å². The minimum atomic E-state index is -4.21. The average molecular weight is 885 g/mol. The minimum absolute atomic E-state index is 0.0601. The van der Waals surface area contributed by atoms with E-state index >= 15 is 8.78 Å². The number of halogens is 4. The third kappa shape index (κ3) is 9.33. The van der Waals surface area contributed by atoms with Crippen molar-refractivity contribution < 1.29 is 54.6 Å². The number of unbranched alkanes of at least 4 members (excludes halogenated alkanes) is 1. The molecule has 0 unspecified atom stereocenters. The predicted octanol–water partition coefficient (Wildman–Crippen LogP) is 5.27. The van der Waals surface area contributed by atoms with Gasteiger partial charge in [0.25, 0.3) is 17.4 Å². The molecule has 0 radical (unpaired) electrons. The van der Waals surface area contributed by atoms with Crippen molar-refractivity contribution >= 4 is 44.9 Å². The Labute approximate surface area is 351 Å². The number of nitrogens with zero attached hydrogens (tertiary/aromatic N) is 2. The van der Waals surface area contributed by atoms with E-state index in [9.17, 15) is 41.2 Å². The van der Waals surface area contributed by atoms with Crippen LogP contribution in [0.15, 0.2) is 23.0 Å². The van der Waals surface area contributed by atoms with Crippen LogP contribution >= 0.6 is 0 Å². The van der Waals surface area contributed by atoms with Crippen molar-refractivity contribution in [2.75, 3.05) is 13.7 Å². The summed E-state index contributed by atoms with van der Waals surface area (Å²) in [6, 6.07) is 2.09. The fourth-order valence-corrected chi connectivity index (χ4v) is 9.76. The van der Waals surface area contributed by atoms with E-state index in [4.69, 9.17) is 9.47 Å². The van der Waals surface area contributed by atoms with Gasteiger partial charge in [0.2, 0.25) is 28.3 Å². The number of sulfonamides is 1. The normalized spacial score (nSPS) is 27.3. The Hall–Kier alpha value is -4.49. The van der Waals surface area contributed by atoms with Gasteiger partial charge in [-0.15, -0.1) is 0 Å². The zero-order valence-electron chi connectivity index (χ0n) is 35.5. The SMILES string of the molecule is CC[C@@H]1CCN(C(=O)[C@@H](NC(=O)O[C@@]2(C)C[C@@H]2CCCCC(F)(F)c2nc3ccc(OC)cc3[nH]c2=O)C(C)(C)C)[C@@H]1C(=O)N[C@]1(C(=O)NS(=O)(=O)C2(C)CC2)C[C@H]1C(F)F. The lowest BCUT2D eigenvalue weighted by Crippen LogP contribution is -2.61. The number of carbonyl (C=O) groups excluding carboxylic acids is 4. The molecule has 4 N–H and O–H groups in total. The Morgan fingerprint density at radius 3 is 2.36 bits per heavy atom. The quantitative estimate of drug-likeness (QED) is 0.120. The van der Waals surface area contributed by atoms with Crippen molar-refractivity contribution in [2.24, 2.45) is 23.2 Å². The fourth-order valence-electron chi connectivity index (χ4n) is 8.45. The van der Waals surface area contributed by atoms with Gasteiger partial charge in [-0.25, -0.2) is 27.0 Å². The molecular formula is C41H56F4N6O9S. The number of aromatic nitrogens is 2. The number of hydrogen-bond acceptors (Lipinski definition) is 10. The maximum Gasteiger partial charge on any atom is 0.408 e. The van der Waals surface area contributed by atoms with E-state index in [1.807, 2.05) is 4.72 Å². The number of alkyl halides is 4. The second kappa shape index (κ2) is 16.3. The number of rotatable bonds is 17. The first-order valence-corrected chi connectivity index (χ1v) is 22.2. The van der Waals surface area contributed by atoms with E-state index in [2.05, 4.69) is 20.6 Å². The summed E-state index contributed by atoms with van der Waals surface area (Å²) in [5, 5.41) is 5.09. The summed E-state index contributed by atoms with van der Waals surface area (Å²) in [7, 11) is -2.77. The molecule has 2 heterocycles. The zero-order chi connectivity index (χ0) is 45.1. The zero-order valence-corrected chi connectivity index (χ0v) is 36.3. The molecule has 6 rings (SSSR count). The smallest absolute Gasteiger partial charge is 0.408 e. The second-order valence-electron chi connectivity index (χ2n) is 18.7. The highest BCUT2D eigenvalue weighted by Gasteiger charge is 2.67. The van der Waals surface area contributed by atoms with Crippen molar-refractivity contribution in [3.63, 3.8) is 0 Å². The summed E-state index contributed by atoms with van der Waals surface area (Å²) < 4.78 is 95.8. The van der Waals surface area contributed by atoms with E-state index in [0.29, 0.717) is 50.7 Å². The largest absolute Gasteiger partial charge is 0.497 e. The molecule has 15 nitrogen and oxygen atoms in total. The van der Waals surface area contributed by atoms with Gasteiger partial charge in [-0.05, 0) is 82.3 Å². The van der Waals surface area contributed by atoms with E-state index in [1.54, 1.807) is 40.7 Å². The molecule has 338 valence electrons. The fraction of sp³-hybridized carbons (Fsp3) is 0.707. The average Bonchev–Trinajstić information content (AvgIpc) is 4.13. The Morgan fingerprint density at radius 1 is 1.08 bits per heavy atom. The number of benzene rings is 1. The van der Waals surface area contributed by atoms with Crippen LogP contribution in [0.3, 0.4) is 0 Å². The number of hydrogen-bond donors (Lipinski definition) is 4. The number of fused-ring (bicyclic) bond motifs is 1. The van der Waals surface area contributed by atoms with Gasteiger partial charge < -0.3 is 30.0 Å². The van der Waals surface area contributed by atoms with Crippen LogP contribution in [0.1, 0.15) is 111 Å². The van der Waals surface area contributed by atoms with Crippen LogP contribution in [0.2, 0.25) is 0 Å². The highest BCUT2D eigenvalue weighted by Crippen LogP contribution is 2.51. The van der Waals surface area contributed by atoms with Crippen molar-refractivity contribution in [3.05, 3.63) is 34.2 Å². The number of methoxy groups -OCH3 is 1. The molecular weight excluding hydrogens is 829 g/mol. The van der Waals surface area contributed by atoms with Gasteiger partial charge in [0.05, 0.1) is 28.8 Å². The molecule has 3 aliphatic carbocycles. The monoisotopic (exact) mass is 884 g/mol. The lowest BCUT2D eigenvalue weighted by atomic mass is 9.85. The lowest BCUT2D eigenvalue weighted by Gasteiger charge is -2.36. The number of carbonyl (C=O) groups is 4. The summed E-state index contributed by atoms with van der Waals surface area (Å²) in [4.78, 5) is 75.3. The summed E-state index contributed by atoms with van der Waals surface area (Å²) in [5.74, 6) is -8.05. The molecule has 61 heavy (non-hydrogen) atoms. The molecule has 1 aliphatic heterocycles. The standard InChI is InChI=1S/C41H56F4N6O9S/c1-8-22-14-18-51(28(22)32(52)49-40(21-25(40)31(42)43)35(55)50-61(57,58)38(5)16-17-38)34(54)30(37(2,3)4)48-36(56)60-39(6)20-23(39)11-9-10-15-41(44,45)29-33(53)47-27-19-24(59-7)12-13-26(27)46-29/h12-13,19,22-23,25,28,30-31H,8-11,14-18,20-21H2,1-7H3,(H,47,53)(H,48,56)(H,49,52)(H,50,55)/t22-,23+,25+,28+,30-,39+,40-/m1/s1. The van der Waals surface area contributed by atoms with Crippen LogP contribution < -0.4 is 25.7 Å². The molecule has 1 aromatic carbocycles. The number of aromatic amines is 1. The summed E-state index contributed by atoms with van der Waals surface area (Å²) in [6.45, 7) is 10.1. The van der Waals surface area contributed by atoms with Gasteiger partial charge in [-0.1, -0.05) is 40.5 Å². The van der Waals surface area contributed by atoms with E-state index in [0.717, 1.165) is 0 Å². The first kappa shape index (κ1) is 46.0. The highest BCUT2D eigenvalue weighted by atomic mass is 32.2. The van der Waals surface area contributed by atoms with Crippen LogP contribution in [0.5, 0.6) is 5.75 Å². The maximum atomic E-state index is 15.2. The number of nitrogens with one attached hydrogen (secondary N) is 4. The van der Waals surface area contributed by atoms with Crippen LogP contribution in [0.4, 0.5) is 22.4 Å². The molecule has 0 bridgehead atoms.